The van der Waals surface area contributed by atoms with E-state index < -0.39 is 0 Å². The van der Waals surface area contributed by atoms with Crippen molar-refractivity contribution in [3.63, 3.8) is 0 Å². The van der Waals surface area contributed by atoms with E-state index in [2.05, 4.69) is 50.1 Å². The molecule has 0 aliphatic heterocycles. The summed E-state index contributed by atoms with van der Waals surface area (Å²) < 4.78 is 6.12. The van der Waals surface area contributed by atoms with Crippen molar-refractivity contribution in [1.29, 1.82) is 0 Å². The summed E-state index contributed by atoms with van der Waals surface area (Å²) in [6.07, 6.45) is 1.11. The molecule has 1 amide bonds. The Hall–Kier alpha value is -2.21. The molecule has 2 N–H and O–H groups in total. The number of H-pyrrole nitrogens is 1. The van der Waals surface area contributed by atoms with E-state index in [0.717, 1.165) is 6.42 Å². The molecule has 2 unspecified atom stereocenters. The third-order valence-electron chi connectivity index (χ3n) is 5.30. The van der Waals surface area contributed by atoms with Crippen molar-refractivity contribution in [3.05, 3.63) is 40.3 Å². The highest BCUT2D eigenvalue weighted by molar-refractivity contribution is 6.04. The molecule has 2 aromatic rings. The van der Waals surface area contributed by atoms with Crippen LogP contribution in [0.4, 0.5) is 0 Å². The van der Waals surface area contributed by atoms with Crippen LogP contribution in [0.3, 0.4) is 0 Å². The molecule has 1 aliphatic rings. The van der Waals surface area contributed by atoms with Crippen LogP contribution in [-0.2, 0) is 4.74 Å². The van der Waals surface area contributed by atoms with Crippen LogP contribution in [0.2, 0.25) is 0 Å². The number of carbonyl (C=O) groups is 1. The van der Waals surface area contributed by atoms with Gasteiger partial charge in [0.25, 0.3) is 11.5 Å². The van der Waals surface area contributed by atoms with Gasteiger partial charge < -0.3 is 10.1 Å². The highest BCUT2D eigenvalue weighted by atomic mass is 16.5. The fraction of sp³-hybridized carbons (Fsp3) is 0.550. The van der Waals surface area contributed by atoms with E-state index in [-0.39, 0.29) is 34.3 Å². The minimum Gasteiger partial charge on any atom is -0.372 e. The number of benzene rings is 1. The lowest BCUT2D eigenvalue weighted by Crippen LogP contribution is -2.56. The van der Waals surface area contributed by atoms with E-state index in [0.29, 0.717) is 23.2 Å². The Morgan fingerprint density at radius 2 is 1.96 bits per heavy atom. The zero-order valence-corrected chi connectivity index (χ0v) is 16.1. The summed E-state index contributed by atoms with van der Waals surface area (Å²) in [7, 11) is 0. The molecule has 0 radical (unpaired) electrons. The fourth-order valence-corrected chi connectivity index (χ4v) is 3.53. The number of aromatic nitrogens is 2. The Labute approximate surface area is 153 Å². The van der Waals surface area contributed by atoms with Gasteiger partial charge in [0.1, 0.15) is 0 Å². The first-order chi connectivity index (χ1) is 12.1. The molecule has 140 valence electrons. The summed E-state index contributed by atoms with van der Waals surface area (Å²) in [4.78, 5) is 24.5. The highest BCUT2D eigenvalue weighted by Gasteiger charge is 2.50. The van der Waals surface area contributed by atoms with Crippen LogP contribution in [0.15, 0.2) is 29.1 Å². The average molecular weight is 357 g/mol. The van der Waals surface area contributed by atoms with E-state index in [4.69, 9.17) is 4.74 Å². The monoisotopic (exact) mass is 357 g/mol. The van der Waals surface area contributed by atoms with Crippen LogP contribution in [-0.4, -0.2) is 34.4 Å². The molecule has 1 aromatic carbocycles. The van der Waals surface area contributed by atoms with Gasteiger partial charge in [-0.25, -0.2) is 5.10 Å². The van der Waals surface area contributed by atoms with Gasteiger partial charge in [0, 0.05) is 11.9 Å². The fourth-order valence-electron chi connectivity index (χ4n) is 3.53. The topological polar surface area (TPSA) is 84.1 Å². The van der Waals surface area contributed by atoms with Crippen LogP contribution in [0.1, 0.15) is 51.5 Å². The summed E-state index contributed by atoms with van der Waals surface area (Å²) >= 11 is 0. The largest absolute Gasteiger partial charge is 0.372 e. The Kier molecular flexibility index (Phi) is 4.65. The zero-order chi connectivity index (χ0) is 19.1. The van der Waals surface area contributed by atoms with Gasteiger partial charge in [0.2, 0.25) is 0 Å². The van der Waals surface area contributed by atoms with E-state index in [1.165, 1.54) is 0 Å². The molecule has 0 spiro atoms. The second-order valence-corrected chi connectivity index (χ2v) is 8.63. The first-order valence-electron chi connectivity index (χ1n) is 9.03. The number of nitrogens with one attached hydrogen (secondary N) is 2. The van der Waals surface area contributed by atoms with Crippen molar-refractivity contribution in [2.45, 2.75) is 52.7 Å². The molecule has 1 aliphatic carbocycles. The van der Waals surface area contributed by atoms with Crippen LogP contribution in [0, 0.1) is 11.3 Å². The van der Waals surface area contributed by atoms with E-state index in [1.807, 2.05) is 0 Å². The van der Waals surface area contributed by atoms with Crippen molar-refractivity contribution in [2.75, 3.05) is 6.54 Å². The summed E-state index contributed by atoms with van der Waals surface area (Å²) in [6, 6.07) is 7.00. The molecule has 1 aromatic heterocycles. The second kappa shape index (κ2) is 6.50. The third kappa shape index (κ3) is 3.51. The first-order valence-corrected chi connectivity index (χ1v) is 9.03. The molecular formula is C20H27N3O3. The van der Waals surface area contributed by atoms with Crippen LogP contribution < -0.4 is 10.9 Å². The lowest BCUT2D eigenvalue weighted by Gasteiger charge is -2.53. The number of aromatic amines is 1. The maximum Gasteiger partial charge on any atom is 0.272 e. The van der Waals surface area contributed by atoms with E-state index >= 15 is 0 Å². The zero-order valence-electron chi connectivity index (χ0n) is 16.1. The third-order valence-corrected chi connectivity index (χ3v) is 5.30. The molecule has 1 saturated carbocycles. The number of rotatable bonds is 4. The number of hydrogen-bond acceptors (Lipinski definition) is 4. The Morgan fingerprint density at radius 3 is 2.58 bits per heavy atom. The predicted molar refractivity (Wildman–Crippen MR) is 101 cm³/mol. The number of carbonyl (C=O) groups excluding carboxylic acids is 1. The van der Waals surface area contributed by atoms with Crippen molar-refractivity contribution in [1.82, 2.24) is 15.5 Å². The van der Waals surface area contributed by atoms with Gasteiger partial charge in [-0.15, -0.1) is 0 Å². The quantitative estimate of drug-likeness (QED) is 0.881. The molecule has 3 rings (SSSR count). The minimum absolute atomic E-state index is 0.00105. The number of amides is 1. The number of ether oxygens (including phenoxy) is 1. The highest BCUT2D eigenvalue weighted by Crippen LogP contribution is 2.49. The van der Waals surface area contributed by atoms with E-state index in [1.54, 1.807) is 24.3 Å². The Morgan fingerprint density at radius 1 is 1.31 bits per heavy atom. The molecular weight excluding hydrogens is 330 g/mol. The van der Waals surface area contributed by atoms with Crippen LogP contribution in [0.5, 0.6) is 0 Å². The van der Waals surface area contributed by atoms with Gasteiger partial charge in [-0.2, -0.15) is 5.10 Å². The maximum atomic E-state index is 12.6. The van der Waals surface area contributed by atoms with Crippen molar-refractivity contribution >= 4 is 16.7 Å². The van der Waals surface area contributed by atoms with Crippen molar-refractivity contribution in [3.8, 4) is 0 Å². The van der Waals surface area contributed by atoms with Gasteiger partial charge in [-0.1, -0.05) is 32.0 Å². The standard InChI is InChI=1S/C20H27N3O3/c1-19(2,3)26-15-10-12(20(15,4)5)11-21-18(25)16-13-8-6-7-9-14(13)17(24)23-22-16/h6-9,12,15H,10-11H2,1-5H3,(H,21,25)(H,23,24). The number of hydrogen-bond donors (Lipinski definition) is 2. The summed E-state index contributed by atoms with van der Waals surface area (Å²) in [6.45, 7) is 11.1. The smallest absolute Gasteiger partial charge is 0.272 e. The maximum absolute atomic E-state index is 12.6. The van der Waals surface area contributed by atoms with Gasteiger partial charge in [-0.3, -0.25) is 9.59 Å². The molecule has 6 nitrogen and oxygen atoms in total. The lowest BCUT2D eigenvalue weighted by molar-refractivity contribution is -0.187. The Balaban J connectivity index is 1.68. The summed E-state index contributed by atoms with van der Waals surface area (Å²) in [5.74, 6) is 0.0706. The molecule has 6 heteroatoms. The SMILES string of the molecule is CC(C)(C)OC1CC(CNC(=O)c2n[nH]c(=O)c3ccccc23)C1(C)C. The van der Waals surface area contributed by atoms with Gasteiger partial charge in [0.15, 0.2) is 5.69 Å². The van der Waals surface area contributed by atoms with Crippen molar-refractivity contribution < 1.29 is 9.53 Å². The van der Waals surface area contributed by atoms with Gasteiger partial charge in [-0.05, 0) is 44.6 Å². The predicted octanol–water partition coefficient (Wildman–Crippen LogP) is 2.88. The minimum atomic E-state index is -0.292. The van der Waals surface area contributed by atoms with Gasteiger partial charge >= 0.3 is 0 Å². The molecule has 26 heavy (non-hydrogen) atoms. The molecule has 0 saturated heterocycles. The van der Waals surface area contributed by atoms with Crippen molar-refractivity contribution in [2.24, 2.45) is 11.3 Å². The lowest BCUT2D eigenvalue weighted by atomic mass is 9.60. The summed E-state index contributed by atoms with van der Waals surface area (Å²) in [5.41, 5.74) is -0.213. The summed E-state index contributed by atoms with van der Waals surface area (Å²) in [5, 5.41) is 10.4. The molecule has 1 fully saturated rings. The average Bonchev–Trinajstić information content (AvgIpc) is 2.57. The van der Waals surface area contributed by atoms with Gasteiger partial charge in [0.05, 0.1) is 17.1 Å². The van der Waals surface area contributed by atoms with Crippen LogP contribution in [0.25, 0.3) is 10.8 Å². The second-order valence-electron chi connectivity index (χ2n) is 8.63. The number of fused-ring (bicyclic) bond motifs is 1. The van der Waals surface area contributed by atoms with Crippen LogP contribution >= 0.6 is 0 Å². The molecule has 1 heterocycles. The normalized spacial score (nSPS) is 22.0. The van der Waals surface area contributed by atoms with E-state index in [9.17, 15) is 9.59 Å². The first kappa shape index (κ1) is 18.6. The molecule has 0 bridgehead atoms. The number of nitrogens with zero attached hydrogens (tertiary/aromatic N) is 1. The molecule has 2 atom stereocenters. The Bertz CT molecular complexity index is 880.